The summed E-state index contributed by atoms with van der Waals surface area (Å²) in [6, 6.07) is -0.177. The zero-order valence-corrected chi connectivity index (χ0v) is 6.31. The summed E-state index contributed by atoms with van der Waals surface area (Å²) in [5, 5.41) is 6.73. The molecule has 0 fully saturated rings. The molecule has 56 valence electrons. The van der Waals surface area contributed by atoms with Crippen LogP contribution in [0.15, 0.2) is 11.6 Å². The van der Waals surface area contributed by atoms with Crippen molar-refractivity contribution in [2.24, 2.45) is 0 Å². The van der Waals surface area contributed by atoms with Crippen LogP contribution < -0.4 is 0 Å². The molecule has 0 aliphatic heterocycles. The molecule has 0 rings (SSSR count). The Morgan fingerprint density at radius 3 is 2.70 bits per heavy atom. The second-order valence-electron chi connectivity index (χ2n) is 1.43. The number of hydrogen-bond acceptors (Lipinski definition) is 3. The van der Waals surface area contributed by atoms with Crippen LogP contribution in [0.25, 0.3) is 0 Å². The second kappa shape index (κ2) is 4.99. The molecule has 0 saturated carbocycles. The minimum absolute atomic E-state index is 0.177. The topological polar surface area (TPSA) is 50.2 Å². The minimum atomic E-state index is -0.562. The molecule has 0 atom stereocenters. The van der Waals surface area contributed by atoms with E-state index in [1.807, 2.05) is 0 Å². The van der Waals surface area contributed by atoms with E-state index in [1.54, 1.807) is 6.92 Å². The molecular formula is C6H8ClNO2. The van der Waals surface area contributed by atoms with Gasteiger partial charge in [-0.1, -0.05) is 17.7 Å². The SMILES string of the molecule is CC=C(C=N)C(=O)OCCl. The number of hydrogen-bond donors (Lipinski definition) is 1. The van der Waals surface area contributed by atoms with E-state index < -0.39 is 5.97 Å². The van der Waals surface area contributed by atoms with Crippen LogP contribution >= 0.6 is 11.6 Å². The van der Waals surface area contributed by atoms with Crippen molar-refractivity contribution in [3.8, 4) is 0 Å². The number of carbonyl (C=O) groups excluding carboxylic acids is 1. The van der Waals surface area contributed by atoms with Crippen molar-refractivity contribution < 1.29 is 9.53 Å². The highest BCUT2D eigenvalue weighted by molar-refractivity contribution is 6.18. The molecule has 10 heavy (non-hydrogen) atoms. The van der Waals surface area contributed by atoms with Gasteiger partial charge in [-0.2, -0.15) is 0 Å². The van der Waals surface area contributed by atoms with Gasteiger partial charge in [-0.25, -0.2) is 4.79 Å². The van der Waals surface area contributed by atoms with Crippen molar-refractivity contribution in [2.45, 2.75) is 6.92 Å². The fraction of sp³-hybridized carbons (Fsp3) is 0.333. The average molecular weight is 162 g/mol. The maximum Gasteiger partial charge on any atom is 0.340 e. The van der Waals surface area contributed by atoms with E-state index in [0.717, 1.165) is 6.21 Å². The van der Waals surface area contributed by atoms with Gasteiger partial charge in [0.1, 0.15) is 0 Å². The number of nitrogens with one attached hydrogen (secondary N) is 1. The largest absolute Gasteiger partial charge is 0.446 e. The Morgan fingerprint density at radius 1 is 1.80 bits per heavy atom. The lowest BCUT2D eigenvalue weighted by Gasteiger charge is -1.97. The van der Waals surface area contributed by atoms with Crippen LogP contribution in [0.4, 0.5) is 0 Å². The number of alkyl halides is 1. The molecule has 4 heteroatoms. The van der Waals surface area contributed by atoms with Gasteiger partial charge in [0.2, 0.25) is 0 Å². The van der Waals surface area contributed by atoms with Crippen molar-refractivity contribution in [3.63, 3.8) is 0 Å². The van der Waals surface area contributed by atoms with Crippen LogP contribution in [0.5, 0.6) is 0 Å². The lowest BCUT2D eigenvalue weighted by Crippen LogP contribution is -2.06. The van der Waals surface area contributed by atoms with Gasteiger partial charge < -0.3 is 10.1 Å². The third-order valence-corrected chi connectivity index (χ3v) is 0.997. The van der Waals surface area contributed by atoms with E-state index in [2.05, 4.69) is 4.74 Å². The highest BCUT2D eigenvalue weighted by Gasteiger charge is 2.04. The van der Waals surface area contributed by atoms with Crippen molar-refractivity contribution >= 4 is 23.8 Å². The van der Waals surface area contributed by atoms with E-state index >= 15 is 0 Å². The summed E-state index contributed by atoms with van der Waals surface area (Å²) in [6.45, 7) is 1.65. The van der Waals surface area contributed by atoms with Gasteiger partial charge >= 0.3 is 5.97 Å². The molecule has 0 saturated heterocycles. The number of ether oxygens (including phenoxy) is 1. The van der Waals surface area contributed by atoms with Crippen LogP contribution in [0.3, 0.4) is 0 Å². The molecule has 0 aromatic carbocycles. The molecule has 0 amide bonds. The predicted octanol–water partition coefficient (Wildman–Crippen LogP) is 1.32. The number of esters is 1. The van der Waals surface area contributed by atoms with Crippen LogP contribution in [0.2, 0.25) is 0 Å². The van der Waals surface area contributed by atoms with Crippen molar-refractivity contribution in [1.82, 2.24) is 0 Å². The first kappa shape index (κ1) is 9.17. The fourth-order valence-electron chi connectivity index (χ4n) is 0.393. The van der Waals surface area contributed by atoms with Crippen molar-refractivity contribution in [3.05, 3.63) is 11.6 Å². The Bertz CT molecular complexity index is 165. The highest BCUT2D eigenvalue weighted by atomic mass is 35.5. The smallest absolute Gasteiger partial charge is 0.340 e. The van der Waals surface area contributed by atoms with Crippen LogP contribution in [-0.2, 0) is 9.53 Å². The molecule has 1 N–H and O–H groups in total. The Hall–Kier alpha value is -0.830. The first-order valence-electron chi connectivity index (χ1n) is 2.66. The Kier molecular flexibility index (Phi) is 4.58. The van der Waals surface area contributed by atoms with Gasteiger partial charge in [0.05, 0.1) is 5.57 Å². The lowest BCUT2D eigenvalue weighted by molar-refractivity contribution is -0.136. The van der Waals surface area contributed by atoms with E-state index in [1.165, 1.54) is 6.08 Å². The zero-order chi connectivity index (χ0) is 7.98. The molecule has 3 nitrogen and oxygen atoms in total. The van der Waals surface area contributed by atoms with Gasteiger partial charge in [-0.05, 0) is 6.92 Å². The molecule has 0 aliphatic carbocycles. The molecule has 0 heterocycles. The Balaban J connectivity index is 4.04. The summed E-state index contributed by atoms with van der Waals surface area (Å²) < 4.78 is 4.39. The number of halogens is 1. The van der Waals surface area contributed by atoms with Gasteiger partial charge in [-0.15, -0.1) is 0 Å². The van der Waals surface area contributed by atoms with Crippen LogP contribution in [-0.4, -0.2) is 18.2 Å². The predicted molar refractivity (Wildman–Crippen MR) is 39.4 cm³/mol. The maximum atomic E-state index is 10.7. The third-order valence-electron chi connectivity index (χ3n) is 0.888. The number of allylic oxidation sites excluding steroid dienone is 1. The molecular weight excluding hydrogens is 154 g/mol. The third kappa shape index (κ3) is 2.64. The Morgan fingerprint density at radius 2 is 2.40 bits per heavy atom. The van der Waals surface area contributed by atoms with Gasteiger partial charge in [-0.3, -0.25) is 0 Å². The molecule has 0 bridgehead atoms. The number of rotatable bonds is 3. The summed E-state index contributed by atoms with van der Waals surface area (Å²) in [6.07, 6.45) is 2.41. The standard InChI is InChI=1S/C6H8ClNO2/c1-2-5(3-8)6(9)10-4-7/h2-3,8H,4H2,1H3. The molecule has 0 spiro atoms. The summed E-state index contributed by atoms with van der Waals surface area (Å²) in [4.78, 5) is 10.7. The van der Waals surface area contributed by atoms with E-state index in [9.17, 15) is 4.79 Å². The minimum Gasteiger partial charge on any atom is -0.446 e. The lowest BCUT2D eigenvalue weighted by atomic mass is 10.3. The van der Waals surface area contributed by atoms with E-state index in [0.29, 0.717) is 0 Å². The molecule has 0 aliphatic rings. The van der Waals surface area contributed by atoms with E-state index in [4.69, 9.17) is 17.0 Å². The maximum absolute atomic E-state index is 10.7. The van der Waals surface area contributed by atoms with Crippen LogP contribution in [0.1, 0.15) is 6.92 Å². The summed E-state index contributed by atoms with van der Waals surface area (Å²) >= 11 is 5.11. The normalized spacial score (nSPS) is 10.8. The van der Waals surface area contributed by atoms with Gasteiger partial charge in [0, 0.05) is 6.21 Å². The van der Waals surface area contributed by atoms with Crippen molar-refractivity contribution in [2.75, 3.05) is 6.07 Å². The Labute approximate surface area is 64.1 Å². The number of carbonyl (C=O) groups is 1. The van der Waals surface area contributed by atoms with Crippen molar-refractivity contribution in [1.29, 1.82) is 5.41 Å². The molecule has 0 aromatic rings. The summed E-state index contributed by atoms with van der Waals surface area (Å²) in [5.41, 5.74) is 0.209. The second-order valence-corrected chi connectivity index (χ2v) is 1.65. The first-order chi connectivity index (χ1) is 4.76. The average Bonchev–Trinajstić information content (AvgIpc) is 1.91. The van der Waals surface area contributed by atoms with Crippen LogP contribution in [0, 0.1) is 5.41 Å². The van der Waals surface area contributed by atoms with E-state index in [-0.39, 0.29) is 11.6 Å². The molecule has 0 unspecified atom stereocenters. The van der Waals surface area contributed by atoms with Gasteiger partial charge in [0.25, 0.3) is 0 Å². The molecule has 0 aromatic heterocycles. The zero-order valence-electron chi connectivity index (χ0n) is 5.56. The monoisotopic (exact) mass is 161 g/mol. The summed E-state index contributed by atoms with van der Waals surface area (Å²) in [7, 11) is 0. The first-order valence-corrected chi connectivity index (χ1v) is 3.19. The highest BCUT2D eigenvalue weighted by Crippen LogP contribution is 1.94. The quantitative estimate of drug-likeness (QED) is 0.294. The van der Waals surface area contributed by atoms with Gasteiger partial charge in [0.15, 0.2) is 6.07 Å². The molecule has 0 radical (unpaired) electrons. The summed E-state index contributed by atoms with van der Waals surface area (Å²) in [5.74, 6) is -0.562. The fourth-order valence-corrected chi connectivity index (χ4v) is 0.492.